The van der Waals surface area contributed by atoms with Crippen molar-refractivity contribution >= 4 is 11.9 Å². The third-order valence-electron chi connectivity index (χ3n) is 2.63. The van der Waals surface area contributed by atoms with E-state index in [4.69, 9.17) is 5.11 Å². The third kappa shape index (κ3) is 4.73. The van der Waals surface area contributed by atoms with Crippen LogP contribution in [0, 0.1) is 5.92 Å². The zero-order chi connectivity index (χ0) is 16.2. The summed E-state index contributed by atoms with van der Waals surface area (Å²) in [7, 11) is 0. The van der Waals surface area contributed by atoms with E-state index in [-0.39, 0.29) is 12.3 Å². The first kappa shape index (κ1) is 16.9. The number of carbonyl (C=O) groups excluding carboxylic acids is 1. The third-order valence-corrected chi connectivity index (χ3v) is 2.63. The summed E-state index contributed by atoms with van der Waals surface area (Å²) in [6.45, 7) is 3.49. The Morgan fingerprint density at radius 3 is 2.48 bits per heavy atom. The first-order valence-electron chi connectivity index (χ1n) is 6.18. The molecule has 0 unspecified atom stereocenters. The molecule has 116 valence electrons. The first-order chi connectivity index (χ1) is 9.62. The number of nitrogens with zero attached hydrogens (tertiary/aromatic N) is 1. The van der Waals surface area contributed by atoms with E-state index in [0.29, 0.717) is 0 Å². The van der Waals surface area contributed by atoms with Crippen molar-refractivity contribution in [2.24, 2.45) is 5.92 Å². The predicted molar refractivity (Wildman–Crippen MR) is 67.6 cm³/mol. The van der Waals surface area contributed by atoms with Gasteiger partial charge in [-0.1, -0.05) is 13.8 Å². The van der Waals surface area contributed by atoms with E-state index in [1.807, 2.05) is 0 Å². The summed E-state index contributed by atoms with van der Waals surface area (Å²) in [5.74, 6) is -2.44. The van der Waals surface area contributed by atoms with E-state index < -0.39 is 35.4 Å². The number of hydrogen-bond acceptors (Lipinski definition) is 3. The Balaban J connectivity index is 3.01. The number of amides is 1. The van der Waals surface area contributed by atoms with Gasteiger partial charge in [0, 0.05) is 6.20 Å². The Kier molecular flexibility index (Phi) is 5.28. The highest BCUT2D eigenvalue weighted by Crippen LogP contribution is 2.30. The number of pyridine rings is 1. The SMILES string of the molecule is CC(C)C[C@@H](NC(=O)c1cccnc1C(F)(F)F)C(=O)O. The van der Waals surface area contributed by atoms with Gasteiger partial charge in [0.2, 0.25) is 0 Å². The molecule has 21 heavy (non-hydrogen) atoms. The van der Waals surface area contributed by atoms with E-state index in [9.17, 15) is 22.8 Å². The lowest BCUT2D eigenvalue weighted by Crippen LogP contribution is -2.42. The molecular formula is C13H15F3N2O3. The number of alkyl halides is 3. The minimum atomic E-state index is -4.79. The number of aromatic nitrogens is 1. The van der Waals surface area contributed by atoms with E-state index >= 15 is 0 Å². The maximum Gasteiger partial charge on any atom is 0.434 e. The topological polar surface area (TPSA) is 79.3 Å². The van der Waals surface area contributed by atoms with E-state index in [0.717, 1.165) is 12.3 Å². The number of hydrogen-bond donors (Lipinski definition) is 2. The number of halogens is 3. The zero-order valence-electron chi connectivity index (χ0n) is 11.4. The minimum Gasteiger partial charge on any atom is -0.480 e. The summed E-state index contributed by atoms with van der Waals surface area (Å²) in [5, 5.41) is 11.1. The maximum atomic E-state index is 12.8. The monoisotopic (exact) mass is 304 g/mol. The van der Waals surface area contributed by atoms with Crippen LogP contribution in [-0.2, 0) is 11.0 Å². The first-order valence-corrected chi connectivity index (χ1v) is 6.18. The molecule has 1 aromatic heterocycles. The Labute approximate surface area is 119 Å². The molecule has 2 N–H and O–H groups in total. The molecule has 0 saturated heterocycles. The molecule has 0 aliphatic carbocycles. The second-order valence-electron chi connectivity index (χ2n) is 4.89. The Bertz CT molecular complexity index is 530. The highest BCUT2D eigenvalue weighted by Gasteiger charge is 2.37. The second kappa shape index (κ2) is 6.55. The Morgan fingerprint density at radius 2 is 2.00 bits per heavy atom. The van der Waals surface area contributed by atoms with Gasteiger partial charge in [-0.25, -0.2) is 4.79 Å². The van der Waals surface area contributed by atoms with Crippen molar-refractivity contribution in [3.05, 3.63) is 29.6 Å². The molecule has 0 aromatic carbocycles. The predicted octanol–water partition coefficient (Wildman–Crippen LogP) is 2.33. The van der Waals surface area contributed by atoms with Crippen LogP contribution in [0.15, 0.2) is 18.3 Å². The zero-order valence-corrected chi connectivity index (χ0v) is 11.4. The number of carbonyl (C=O) groups is 2. The molecule has 0 radical (unpaired) electrons. The molecule has 0 aliphatic rings. The van der Waals surface area contributed by atoms with E-state index in [2.05, 4.69) is 10.3 Å². The molecule has 0 bridgehead atoms. The summed E-state index contributed by atoms with van der Waals surface area (Å²) in [5.41, 5.74) is -2.03. The molecule has 0 saturated carbocycles. The fraction of sp³-hybridized carbons (Fsp3) is 0.462. The van der Waals surface area contributed by atoms with Gasteiger partial charge >= 0.3 is 12.1 Å². The molecule has 5 nitrogen and oxygen atoms in total. The molecule has 1 amide bonds. The van der Waals surface area contributed by atoms with Crippen LogP contribution in [0.25, 0.3) is 0 Å². The van der Waals surface area contributed by atoms with Gasteiger partial charge in [0.25, 0.3) is 5.91 Å². The molecule has 1 heterocycles. The average molecular weight is 304 g/mol. The lowest BCUT2D eigenvalue weighted by atomic mass is 10.0. The van der Waals surface area contributed by atoms with Crippen LogP contribution in [0.3, 0.4) is 0 Å². The molecule has 8 heteroatoms. The highest BCUT2D eigenvalue weighted by atomic mass is 19.4. The van der Waals surface area contributed by atoms with Crippen LogP contribution in [0.4, 0.5) is 13.2 Å². The fourth-order valence-electron chi connectivity index (χ4n) is 1.74. The van der Waals surface area contributed by atoms with Gasteiger partial charge in [-0.05, 0) is 24.5 Å². The van der Waals surface area contributed by atoms with Crippen LogP contribution in [0.1, 0.15) is 36.3 Å². The van der Waals surface area contributed by atoms with Gasteiger partial charge in [0.05, 0.1) is 5.56 Å². The second-order valence-corrected chi connectivity index (χ2v) is 4.89. The normalized spacial score (nSPS) is 13.0. The summed E-state index contributed by atoms with van der Waals surface area (Å²) >= 11 is 0. The molecule has 0 aliphatic heterocycles. The smallest absolute Gasteiger partial charge is 0.434 e. The van der Waals surface area contributed by atoms with Crippen molar-refractivity contribution in [1.29, 1.82) is 0 Å². The van der Waals surface area contributed by atoms with Crippen molar-refractivity contribution in [3.8, 4) is 0 Å². The summed E-state index contributed by atoms with van der Waals surface area (Å²) in [4.78, 5) is 26.1. The van der Waals surface area contributed by atoms with E-state index in [1.54, 1.807) is 13.8 Å². The fourth-order valence-corrected chi connectivity index (χ4v) is 1.74. The highest BCUT2D eigenvalue weighted by molar-refractivity contribution is 5.97. The Morgan fingerprint density at radius 1 is 1.38 bits per heavy atom. The van der Waals surface area contributed by atoms with Crippen LogP contribution < -0.4 is 5.32 Å². The van der Waals surface area contributed by atoms with Gasteiger partial charge in [-0.3, -0.25) is 9.78 Å². The van der Waals surface area contributed by atoms with Crippen LogP contribution >= 0.6 is 0 Å². The number of aliphatic carboxylic acids is 1. The largest absolute Gasteiger partial charge is 0.480 e. The minimum absolute atomic E-state index is 0.0395. The van der Waals surface area contributed by atoms with Gasteiger partial charge in [0.15, 0.2) is 5.69 Å². The quantitative estimate of drug-likeness (QED) is 0.875. The van der Waals surface area contributed by atoms with Crippen molar-refractivity contribution < 1.29 is 27.9 Å². The van der Waals surface area contributed by atoms with Gasteiger partial charge in [-0.15, -0.1) is 0 Å². The van der Waals surface area contributed by atoms with Gasteiger partial charge in [0.1, 0.15) is 6.04 Å². The maximum absolute atomic E-state index is 12.8. The Hall–Kier alpha value is -2.12. The van der Waals surface area contributed by atoms with Crippen molar-refractivity contribution in [2.75, 3.05) is 0 Å². The summed E-state index contributed by atoms with van der Waals surface area (Å²) < 4.78 is 38.3. The molecule has 1 rings (SSSR count). The van der Waals surface area contributed by atoms with Gasteiger partial charge < -0.3 is 10.4 Å². The molecule has 0 fully saturated rings. The molecular weight excluding hydrogens is 289 g/mol. The van der Waals surface area contributed by atoms with Crippen LogP contribution in [-0.4, -0.2) is 28.0 Å². The van der Waals surface area contributed by atoms with Crippen LogP contribution in [0.2, 0.25) is 0 Å². The molecule has 1 atom stereocenters. The van der Waals surface area contributed by atoms with Gasteiger partial charge in [-0.2, -0.15) is 13.2 Å². The van der Waals surface area contributed by atoms with Crippen molar-refractivity contribution in [2.45, 2.75) is 32.5 Å². The average Bonchev–Trinajstić information content (AvgIpc) is 2.36. The van der Waals surface area contributed by atoms with Crippen molar-refractivity contribution in [1.82, 2.24) is 10.3 Å². The molecule has 1 aromatic rings. The van der Waals surface area contributed by atoms with Crippen LogP contribution in [0.5, 0.6) is 0 Å². The standard InChI is InChI=1S/C13H15F3N2O3/c1-7(2)6-9(12(20)21)18-11(19)8-4-3-5-17-10(8)13(14,15)16/h3-5,7,9H,6H2,1-2H3,(H,18,19)(H,20,21)/t9-/m1/s1. The number of rotatable bonds is 5. The summed E-state index contributed by atoms with van der Waals surface area (Å²) in [6.07, 6.45) is -3.75. The van der Waals surface area contributed by atoms with E-state index in [1.165, 1.54) is 6.07 Å². The van der Waals surface area contributed by atoms with Crippen molar-refractivity contribution in [3.63, 3.8) is 0 Å². The number of carboxylic acid groups (broad SMARTS) is 1. The lowest BCUT2D eigenvalue weighted by Gasteiger charge is -2.17. The number of nitrogens with one attached hydrogen (secondary N) is 1. The molecule has 0 spiro atoms. The lowest BCUT2D eigenvalue weighted by molar-refractivity contribution is -0.141. The number of carboxylic acids is 1. The summed E-state index contributed by atoms with van der Waals surface area (Å²) in [6, 6.07) is 0.890.